The molecule has 128 valence electrons. The lowest BCUT2D eigenvalue weighted by Crippen LogP contribution is -2.15. The molecule has 0 unspecified atom stereocenters. The van der Waals surface area contributed by atoms with E-state index in [0.29, 0.717) is 27.8 Å². The van der Waals surface area contributed by atoms with Gasteiger partial charge >= 0.3 is 0 Å². The number of hydrogen-bond acceptors (Lipinski definition) is 5. The molecule has 0 fully saturated rings. The number of hydrogen-bond donors (Lipinski definition) is 3. The molecule has 2 aromatic carbocycles. The summed E-state index contributed by atoms with van der Waals surface area (Å²) in [6.07, 6.45) is 1.32. The van der Waals surface area contributed by atoms with E-state index in [4.69, 9.17) is 22.1 Å². The maximum absolute atomic E-state index is 12.3. The number of anilines is 3. The van der Waals surface area contributed by atoms with E-state index in [1.165, 1.54) is 12.3 Å². The predicted molar refractivity (Wildman–Crippen MR) is 99.5 cm³/mol. The van der Waals surface area contributed by atoms with E-state index in [-0.39, 0.29) is 5.57 Å². The minimum atomic E-state index is -0.590. The monoisotopic (exact) mass is 356 g/mol. The molecule has 0 atom stereocenters. The average Bonchev–Trinajstić information content (AvgIpc) is 2.58. The van der Waals surface area contributed by atoms with Crippen LogP contribution in [0.1, 0.15) is 5.56 Å². The number of nitrogen functional groups attached to an aromatic ring is 1. The summed E-state index contributed by atoms with van der Waals surface area (Å²) >= 11 is 6.02. The van der Waals surface area contributed by atoms with E-state index in [2.05, 4.69) is 10.6 Å². The van der Waals surface area contributed by atoms with Gasteiger partial charge < -0.3 is 21.1 Å². The topological polar surface area (TPSA) is 100 Å². The maximum Gasteiger partial charge on any atom is 0.267 e. The van der Waals surface area contributed by atoms with Crippen LogP contribution >= 0.6 is 11.6 Å². The number of rotatable bonds is 5. The molecule has 4 N–H and O–H groups in total. The zero-order chi connectivity index (χ0) is 18.4. The maximum atomic E-state index is 12.3. The predicted octanol–water partition coefficient (Wildman–Crippen LogP) is 3.70. The van der Waals surface area contributed by atoms with Crippen LogP contribution in [-0.4, -0.2) is 13.0 Å². The highest BCUT2D eigenvalue weighted by molar-refractivity contribution is 6.34. The molecule has 7 heteroatoms. The highest BCUT2D eigenvalue weighted by Crippen LogP contribution is 2.26. The summed E-state index contributed by atoms with van der Waals surface area (Å²) in [5, 5.41) is 15.0. The van der Waals surface area contributed by atoms with Gasteiger partial charge in [-0.15, -0.1) is 0 Å². The Balaban J connectivity index is 2.18. The van der Waals surface area contributed by atoms with Gasteiger partial charge in [-0.25, -0.2) is 0 Å². The second kappa shape index (κ2) is 8.08. The molecule has 25 heavy (non-hydrogen) atoms. The van der Waals surface area contributed by atoms with Crippen LogP contribution in [0.15, 0.2) is 48.2 Å². The van der Waals surface area contributed by atoms with E-state index in [0.717, 1.165) is 5.56 Å². The molecule has 1 amide bonds. The summed E-state index contributed by atoms with van der Waals surface area (Å²) in [6.45, 7) is 1.93. The van der Waals surface area contributed by atoms with Crippen LogP contribution in [0, 0.1) is 18.3 Å². The number of methoxy groups -OCH3 is 1. The summed E-state index contributed by atoms with van der Waals surface area (Å²) in [6, 6.07) is 12.1. The quantitative estimate of drug-likeness (QED) is 0.431. The van der Waals surface area contributed by atoms with Crippen LogP contribution in [0.25, 0.3) is 0 Å². The Morgan fingerprint density at radius 3 is 2.68 bits per heavy atom. The molecule has 0 saturated carbocycles. The first-order valence-corrected chi connectivity index (χ1v) is 7.70. The number of nitrogens with two attached hydrogens (primary N) is 1. The Bertz CT molecular complexity index is 872. The molecule has 0 heterocycles. The molecule has 0 aliphatic heterocycles. The zero-order valence-corrected chi connectivity index (χ0v) is 14.5. The lowest BCUT2D eigenvalue weighted by atomic mass is 10.2. The Labute approximate surface area is 150 Å². The van der Waals surface area contributed by atoms with Crippen molar-refractivity contribution >= 4 is 34.6 Å². The van der Waals surface area contributed by atoms with E-state index >= 15 is 0 Å². The van der Waals surface area contributed by atoms with Gasteiger partial charge in [-0.3, -0.25) is 4.79 Å². The highest BCUT2D eigenvalue weighted by Gasteiger charge is 2.12. The molecule has 6 nitrogen and oxygen atoms in total. The average molecular weight is 357 g/mol. The Morgan fingerprint density at radius 1 is 1.28 bits per heavy atom. The van der Waals surface area contributed by atoms with E-state index < -0.39 is 5.91 Å². The largest absolute Gasteiger partial charge is 0.495 e. The smallest absolute Gasteiger partial charge is 0.267 e. The fourth-order valence-electron chi connectivity index (χ4n) is 2.06. The first-order chi connectivity index (χ1) is 11.9. The number of nitrogens with one attached hydrogen (secondary N) is 2. The highest BCUT2D eigenvalue weighted by atomic mass is 35.5. The molecule has 0 bridgehead atoms. The van der Waals surface area contributed by atoms with Crippen LogP contribution in [0.5, 0.6) is 5.75 Å². The van der Waals surface area contributed by atoms with Crippen molar-refractivity contribution in [2.75, 3.05) is 23.5 Å². The van der Waals surface area contributed by atoms with Gasteiger partial charge in [-0.1, -0.05) is 17.7 Å². The van der Waals surface area contributed by atoms with Crippen molar-refractivity contribution in [3.05, 3.63) is 58.8 Å². The number of amides is 1. The number of nitriles is 1. The standard InChI is InChI=1S/C18H17ClN4O2/c1-11-3-6-17(25-2)16(7-11)22-10-12(9-20)18(24)23-15-5-4-13(21)8-14(15)19/h3-8,10,22H,21H2,1-2H3,(H,23,24)/b12-10-. The van der Waals surface area contributed by atoms with Crippen molar-refractivity contribution in [1.29, 1.82) is 5.26 Å². The van der Waals surface area contributed by atoms with Gasteiger partial charge in [0.05, 0.1) is 23.5 Å². The fourth-order valence-corrected chi connectivity index (χ4v) is 2.29. The summed E-state index contributed by atoms with van der Waals surface area (Å²) < 4.78 is 5.24. The fraction of sp³-hybridized carbons (Fsp3) is 0.111. The van der Waals surface area contributed by atoms with Crippen LogP contribution in [-0.2, 0) is 4.79 Å². The SMILES string of the molecule is COc1ccc(C)cc1N/C=C(/C#N)C(=O)Nc1ccc(N)cc1Cl. The van der Waals surface area contributed by atoms with Gasteiger partial charge in [0.15, 0.2) is 0 Å². The minimum Gasteiger partial charge on any atom is -0.495 e. The third kappa shape index (κ3) is 4.66. The normalized spacial score (nSPS) is 10.7. The van der Waals surface area contributed by atoms with E-state index in [9.17, 15) is 10.1 Å². The van der Waals surface area contributed by atoms with Crippen molar-refractivity contribution in [2.45, 2.75) is 6.92 Å². The third-order valence-electron chi connectivity index (χ3n) is 3.33. The molecule has 0 saturated heterocycles. The number of aryl methyl sites for hydroxylation is 1. The summed E-state index contributed by atoms with van der Waals surface area (Å²) in [5.74, 6) is 0.00872. The summed E-state index contributed by atoms with van der Waals surface area (Å²) in [5.41, 5.74) is 8.00. The molecule has 0 aliphatic carbocycles. The summed E-state index contributed by atoms with van der Waals surface area (Å²) in [4.78, 5) is 12.3. The Morgan fingerprint density at radius 2 is 2.04 bits per heavy atom. The third-order valence-corrected chi connectivity index (χ3v) is 3.65. The van der Waals surface area contributed by atoms with Crippen LogP contribution in [0.3, 0.4) is 0 Å². The van der Waals surface area contributed by atoms with Crippen molar-refractivity contribution in [3.8, 4) is 11.8 Å². The Kier molecular flexibility index (Phi) is 5.88. The van der Waals surface area contributed by atoms with Gasteiger partial charge in [-0.2, -0.15) is 5.26 Å². The molecular formula is C18H17ClN4O2. The van der Waals surface area contributed by atoms with Crippen molar-refractivity contribution in [2.24, 2.45) is 0 Å². The van der Waals surface area contributed by atoms with Crippen LogP contribution in [0.2, 0.25) is 5.02 Å². The second-order valence-corrected chi connectivity index (χ2v) is 5.62. The van der Waals surface area contributed by atoms with Gasteiger partial charge in [0.1, 0.15) is 17.4 Å². The van der Waals surface area contributed by atoms with E-state index in [1.807, 2.05) is 25.1 Å². The van der Waals surface area contributed by atoms with Crippen molar-refractivity contribution < 1.29 is 9.53 Å². The molecule has 0 spiro atoms. The molecular weight excluding hydrogens is 340 g/mol. The van der Waals surface area contributed by atoms with Crippen molar-refractivity contribution in [3.63, 3.8) is 0 Å². The number of nitrogens with zero attached hydrogens (tertiary/aromatic N) is 1. The zero-order valence-electron chi connectivity index (χ0n) is 13.8. The van der Waals surface area contributed by atoms with Crippen LogP contribution in [0.4, 0.5) is 17.1 Å². The minimum absolute atomic E-state index is 0.114. The molecule has 2 aromatic rings. The number of carbonyl (C=O) groups is 1. The Hall–Kier alpha value is -3.17. The first kappa shape index (κ1) is 18.2. The lowest BCUT2D eigenvalue weighted by molar-refractivity contribution is -0.112. The van der Waals surface area contributed by atoms with E-state index in [1.54, 1.807) is 25.3 Å². The number of halogens is 1. The van der Waals surface area contributed by atoms with Gasteiger partial charge in [0.25, 0.3) is 5.91 Å². The molecule has 0 radical (unpaired) electrons. The van der Waals surface area contributed by atoms with Crippen LogP contribution < -0.4 is 21.1 Å². The summed E-state index contributed by atoms with van der Waals surface area (Å²) in [7, 11) is 1.54. The number of carbonyl (C=O) groups excluding carboxylic acids is 1. The number of benzene rings is 2. The number of ether oxygens (including phenoxy) is 1. The lowest BCUT2D eigenvalue weighted by Gasteiger charge is -2.10. The molecule has 2 rings (SSSR count). The van der Waals surface area contributed by atoms with Gasteiger partial charge in [-0.05, 0) is 42.8 Å². The molecule has 0 aliphatic rings. The van der Waals surface area contributed by atoms with Gasteiger partial charge in [0, 0.05) is 11.9 Å². The second-order valence-electron chi connectivity index (χ2n) is 5.21. The molecule has 0 aromatic heterocycles. The van der Waals surface area contributed by atoms with Gasteiger partial charge in [0.2, 0.25) is 0 Å². The first-order valence-electron chi connectivity index (χ1n) is 7.32. The van der Waals surface area contributed by atoms with Crippen molar-refractivity contribution in [1.82, 2.24) is 0 Å².